The Morgan fingerprint density at radius 2 is 1.88 bits per heavy atom. The minimum atomic E-state index is -1.87. The van der Waals surface area contributed by atoms with Crippen LogP contribution in [0.1, 0.15) is 66.1 Å². The third-order valence-electron chi connectivity index (χ3n) is 9.14. The lowest BCUT2D eigenvalue weighted by atomic mass is 9.83. The van der Waals surface area contributed by atoms with Crippen LogP contribution < -0.4 is 15.0 Å². The van der Waals surface area contributed by atoms with E-state index < -0.39 is 77.6 Å². The standard InChI is InChI=1S/C34H45ClN2O11/c1-17(2)31(40)47-26-15-27(39)37(7)22-13-21(14-23(43-8)28(22)35)29(45-20(5)38)18(3)11-10-12-25(44-9)34(42)16-24(46-32(41)36-34)19(4)30-33(26,6)48-30/h10-14,17,19,24-26,29-30,42H,15-16H2,1-9H3,(H,36,41)/t19-,24-,25-,26-,29-,30+,33-,34-/m1/s1. The molecule has 3 aliphatic rings. The Morgan fingerprint density at radius 1 is 1.19 bits per heavy atom. The number of nitrogens with one attached hydrogen (secondary N) is 1. The number of hydrogen-bond acceptors (Lipinski definition) is 11. The SMILES string of the molecule is COc1cc2cc(c1Cl)N(C)C(=O)C[C@@H](OC(=O)C(C)C)[C@@]1(C)O[C@H]1[C@H](C)[C@H]1C[C@](O)(NC(=O)O1)[C@H](OC)C=CC=C(C)[C@H]2OC(C)=O. The summed E-state index contributed by atoms with van der Waals surface area (Å²) in [5.41, 5.74) is -1.71. The minimum absolute atomic E-state index is 0.0697. The molecule has 2 fully saturated rings. The van der Waals surface area contributed by atoms with E-state index in [4.69, 9.17) is 40.0 Å². The third-order valence-corrected chi connectivity index (χ3v) is 9.52. The van der Waals surface area contributed by atoms with Crippen LogP contribution in [-0.4, -0.2) is 86.1 Å². The van der Waals surface area contributed by atoms with E-state index in [1.54, 1.807) is 65.0 Å². The predicted molar refractivity (Wildman–Crippen MR) is 174 cm³/mol. The summed E-state index contributed by atoms with van der Waals surface area (Å²) in [6, 6.07) is 3.23. The molecule has 4 bridgehead atoms. The number of alkyl carbamates (subject to hydrolysis) is 1. The maximum absolute atomic E-state index is 14.0. The zero-order chi connectivity index (χ0) is 35.7. The van der Waals surface area contributed by atoms with Crippen LogP contribution in [0.3, 0.4) is 0 Å². The number of esters is 2. The summed E-state index contributed by atoms with van der Waals surface area (Å²) in [7, 11) is 4.34. The number of halogens is 1. The molecule has 0 unspecified atom stereocenters. The van der Waals surface area contributed by atoms with Crippen LogP contribution in [0.15, 0.2) is 35.9 Å². The first kappa shape index (κ1) is 37.2. The average Bonchev–Trinajstić information content (AvgIpc) is 3.71. The number of carbonyl (C=O) groups is 4. The highest BCUT2D eigenvalue weighted by Gasteiger charge is 2.64. The molecule has 2 saturated heterocycles. The van der Waals surface area contributed by atoms with Crippen LogP contribution >= 0.6 is 11.6 Å². The topological polar surface area (TPSA) is 162 Å². The van der Waals surface area contributed by atoms with Crippen molar-refractivity contribution in [2.45, 2.75) is 96.2 Å². The first-order valence-electron chi connectivity index (χ1n) is 15.7. The van der Waals surface area contributed by atoms with Crippen molar-refractivity contribution < 1.29 is 52.7 Å². The second kappa shape index (κ2) is 14.5. The van der Waals surface area contributed by atoms with E-state index in [9.17, 15) is 24.3 Å². The van der Waals surface area contributed by atoms with Gasteiger partial charge in [0.1, 0.15) is 40.8 Å². The lowest BCUT2D eigenvalue weighted by Crippen LogP contribution is -2.63. The maximum Gasteiger partial charge on any atom is 0.409 e. The third kappa shape index (κ3) is 7.64. The van der Waals surface area contributed by atoms with E-state index in [0.717, 1.165) is 0 Å². The molecule has 4 rings (SSSR count). The lowest BCUT2D eigenvalue weighted by Gasteiger charge is -2.42. The number of fused-ring (bicyclic) bond motifs is 5. The van der Waals surface area contributed by atoms with Crippen molar-refractivity contribution in [2.75, 3.05) is 26.2 Å². The fourth-order valence-corrected chi connectivity index (χ4v) is 6.49. The Hall–Kier alpha value is -3.65. The fourth-order valence-electron chi connectivity index (χ4n) is 6.18. The summed E-state index contributed by atoms with van der Waals surface area (Å²) in [4.78, 5) is 53.2. The number of rotatable bonds is 5. The van der Waals surface area contributed by atoms with Gasteiger partial charge in [0.05, 0.1) is 31.2 Å². The van der Waals surface area contributed by atoms with Gasteiger partial charge in [0.2, 0.25) is 5.91 Å². The van der Waals surface area contributed by atoms with Crippen molar-refractivity contribution in [1.82, 2.24) is 5.32 Å². The molecule has 14 heteroatoms. The van der Waals surface area contributed by atoms with Gasteiger partial charge in [-0.2, -0.15) is 0 Å². The van der Waals surface area contributed by atoms with Gasteiger partial charge in [-0.15, -0.1) is 0 Å². The number of hydrogen-bond donors (Lipinski definition) is 2. The van der Waals surface area contributed by atoms with Gasteiger partial charge in [0.15, 0.2) is 5.72 Å². The van der Waals surface area contributed by atoms with Gasteiger partial charge >= 0.3 is 18.0 Å². The molecule has 0 radical (unpaired) electrons. The molecule has 1 aromatic carbocycles. The number of amides is 2. The number of methoxy groups -OCH3 is 2. The van der Waals surface area contributed by atoms with Gasteiger partial charge in [-0.3, -0.25) is 19.7 Å². The van der Waals surface area contributed by atoms with Crippen LogP contribution in [-0.2, 0) is 38.1 Å². The van der Waals surface area contributed by atoms with Crippen molar-refractivity contribution in [3.05, 3.63) is 46.5 Å². The van der Waals surface area contributed by atoms with E-state index in [1.165, 1.54) is 33.1 Å². The summed E-state index contributed by atoms with van der Waals surface area (Å²) in [6.07, 6.45) is -0.776. The summed E-state index contributed by atoms with van der Waals surface area (Å²) >= 11 is 6.73. The number of allylic oxidation sites excluding steroid dienone is 2. The number of benzene rings is 1. The lowest BCUT2D eigenvalue weighted by molar-refractivity contribution is -0.157. The molecule has 8 atom stereocenters. The fraction of sp³-hybridized carbons (Fsp3) is 0.588. The Bertz CT molecular complexity index is 1500. The summed E-state index contributed by atoms with van der Waals surface area (Å²) < 4.78 is 34.5. The molecular formula is C34H45ClN2O11. The number of anilines is 1. The van der Waals surface area contributed by atoms with Gasteiger partial charge in [0.25, 0.3) is 0 Å². The molecule has 0 aromatic heterocycles. The van der Waals surface area contributed by atoms with Crippen molar-refractivity contribution in [3.63, 3.8) is 0 Å². The average molecular weight is 693 g/mol. The molecule has 0 saturated carbocycles. The largest absolute Gasteiger partial charge is 0.495 e. The zero-order valence-corrected chi connectivity index (χ0v) is 29.5. The Morgan fingerprint density at radius 3 is 2.48 bits per heavy atom. The smallest absolute Gasteiger partial charge is 0.409 e. The van der Waals surface area contributed by atoms with Crippen molar-refractivity contribution in [1.29, 1.82) is 0 Å². The minimum Gasteiger partial charge on any atom is -0.495 e. The molecule has 3 heterocycles. The maximum atomic E-state index is 14.0. The molecule has 264 valence electrons. The molecule has 48 heavy (non-hydrogen) atoms. The van der Waals surface area contributed by atoms with Crippen LogP contribution in [0.25, 0.3) is 0 Å². The molecule has 2 N–H and O–H groups in total. The summed E-state index contributed by atoms with van der Waals surface area (Å²) in [5.74, 6) is -2.30. The summed E-state index contributed by atoms with van der Waals surface area (Å²) in [5, 5.41) is 14.3. The highest BCUT2D eigenvalue weighted by molar-refractivity contribution is 6.35. The summed E-state index contributed by atoms with van der Waals surface area (Å²) in [6.45, 7) is 9.90. The highest BCUT2D eigenvalue weighted by atomic mass is 35.5. The number of aliphatic hydroxyl groups is 1. The van der Waals surface area contributed by atoms with Crippen LogP contribution in [0.5, 0.6) is 5.75 Å². The Balaban J connectivity index is 1.88. The second-order valence-corrected chi connectivity index (χ2v) is 13.4. The first-order chi connectivity index (χ1) is 22.4. The normalized spacial score (nSPS) is 32.4. The molecular weight excluding hydrogens is 648 g/mol. The number of nitrogens with zero attached hydrogens (tertiary/aromatic N) is 1. The van der Waals surface area contributed by atoms with Crippen LogP contribution in [0.2, 0.25) is 5.02 Å². The highest BCUT2D eigenvalue weighted by Crippen LogP contribution is 2.49. The quantitative estimate of drug-likeness (QED) is 0.256. The molecule has 0 spiro atoms. The predicted octanol–water partition coefficient (Wildman–Crippen LogP) is 4.39. The number of carbonyl (C=O) groups excluding carboxylic acids is 4. The first-order valence-corrected chi connectivity index (χ1v) is 16.1. The van der Waals surface area contributed by atoms with Crippen molar-refractivity contribution >= 4 is 41.2 Å². The van der Waals surface area contributed by atoms with Crippen LogP contribution in [0.4, 0.5) is 10.5 Å². The van der Waals surface area contributed by atoms with Gasteiger partial charge in [0, 0.05) is 39.0 Å². The number of epoxide rings is 1. The second-order valence-electron chi connectivity index (χ2n) is 13.0. The van der Waals surface area contributed by atoms with E-state index in [2.05, 4.69) is 5.32 Å². The van der Waals surface area contributed by atoms with E-state index >= 15 is 0 Å². The zero-order valence-electron chi connectivity index (χ0n) is 28.7. The molecule has 1 aromatic rings. The van der Waals surface area contributed by atoms with Gasteiger partial charge in [-0.25, -0.2) is 4.79 Å². The Kier molecular flexibility index (Phi) is 11.2. The molecule has 13 nitrogen and oxygen atoms in total. The number of ether oxygens (including phenoxy) is 6. The van der Waals surface area contributed by atoms with Crippen LogP contribution in [0, 0.1) is 11.8 Å². The van der Waals surface area contributed by atoms with Gasteiger partial charge in [-0.05, 0) is 31.6 Å². The van der Waals surface area contributed by atoms with Crippen molar-refractivity contribution in [3.8, 4) is 5.75 Å². The van der Waals surface area contributed by atoms with E-state index in [1.807, 2.05) is 0 Å². The Labute approximate surface area is 285 Å². The van der Waals surface area contributed by atoms with Crippen molar-refractivity contribution in [2.24, 2.45) is 11.8 Å². The van der Waals surface area contributed by atoms with E-state index in [-0.39, 0.29) is 29.3 Å². The van der Waals surface area contributed by atoms with Gasteiger partial charge in [-0.1, -0.05) is 50.6 Å². The molecule has 2 amide bonds. The molecule has 3 aliphatic heterocycles. The van der Waals surface area contributed by atoms with Gasteiger partial charge < -0.3 is 38.4 Å². The van der Waals surface area contributed by atoms with E-state index in [0.29, 0.717) is 11.1 Å². The molecule has 0 aliphatic carbocycles. The monoisotopic (exact) mass is 692 g/mol.